The first-order valence-electron chi connectivity index (χ1n) is 6.25. The lowest BCUT2D eigenvalue weighted by Crippen LogP contribution is -2.38. The molecule has 0 radical (unpaired) electrons. The van der Waals surface area contributed by atoms with Gasteiger partial charge < -0.3 is 5.11 Å². The quantitative estimate of drug-likeness (QED) is 0.817. The second-order valence-electron chi connectivity index (χ2n) is 4.49. The highest BCUT2D eigenvalue weighted by molar-refractivity contribution is 7.98. The Morgan fingerprint density at radius 2 is 2.10 bits per heavy atom. The van der Waals surface area contributed by atoms with Crippen molar-refractivity contribution in [3.63, 3.8) is 0 Å². The Bertz CT molecular complexity index is 619. The molecule has 0 heterocycles. The summed E-state index contributed by atoms with van der Waals surface area (Å²) >= 11 is 7.50. The maximum Gasteiger partial charge on any atom is 0.335 e. The van der Waals surface area contributed by atoms with Gasteiger partial charge in [0.1, 0.15) is 4.90 Å². The Morgan fingerprint density at radius 1 is 1.48 bits per heavy atom. The van der Waals surface area contributed by atoms with E-state index >= 15 is 0 Å². The van der Waals surface area contributed by atoms with Gasteiger partial charge in [0.05, 0.1) is 10.6 Å². The number of hydrogen-bond acceptors (Lipinski definition) is 4. The minimum atomic E-state index is -3.83. The van der Waals surface area contributed by atoms with E-state index in [9.17, 15) is 13.2 Å². The second-order valence-corrected chi connectivity index (χ2v) is 7.77. The molecule has 0 saturated carbocycles. The summed E-state index contributed by atoms with van der Waals surface area (Å²) in [6, 6.07) is 3.50. The highest BCUT2D eigenvalue weighted by Gasteiger charge is 2.29. The molecule has 0 aliphatic carbocycles. The van der Waals surface area contributed by atoms with Crippen molar-refractivity contribution in [3.8, 4) is 0 Å². The summed E-state index contributed by atoms with van der Waals surface area (Å²) in [7, 11) is -2.34. The van der Waals surface area contributed by atoms with Crippen LogP contribution >= 0.6 is 23.4 Å². The number of aromatic carboxylic acids is 1. The van der Waals surface area contributed by atoms with E-state index in [1.54, 1.807) is 11.8 Å². The van der Waals surface area contributed by atoms with Crippen LogP contribution in [0.4, 0.5) is 0 Å². The van der Waals surface area contributed by atoms with E-state index in [1.165, 1.54) is 23.5 Å². The van der Waals surface area contributed by atoms with Crippen LogP contribution in [0, 0.1) is 0 Å². The smallest absolute Gasteiger partial charge is 0.335 e. The predicted molar refractivity (Wildman–Crippen MR) is 85.8 cm³/mol. The first-order valence-corrected chi connectivity index (χ1v) is 9.46. The van der Waals surface area contributed by atoms with Gasteiger partial charge in [0, 0.05) is 18.8 Å². The Kier molecular flexibility index (Phi) is 6.52. The first-order chi connectivity index (χ1) is 9.75. The van der Waals surface area contributed by atoms with Gasteiger partial charge in [-0.25, -0.2) is 13.2 Å². The summed E-state index contributed by atoms with van der Waals surface area (Å²) in [4.78, 5) is 10.8. The number of benzene rings is 1. The Morgan fingerprint density at radius 3 is 2.57 bits per heavy atom. The minimum absolute atomic E-state index is 0.0193. The van der Waals surface area contributed by atoms with Crippen LogP contribution in [-0.2, 0) is 10.0 Å². The van der Waals surface area contributed by atoms with Crippen LogP contribution in [0.2, 0.25) is 5.02 Å². The second kappa shape index (κ2) is 7.49. The maximum absolute atomic E-state index is 12.6. The molecule has 0 saturated heterocycles. The number of carboxylic acids is 1. The van der Waals surface area contributed by atoms with Gasteiger partial charge in [0.2, 0.25) is 10.0 Å². The van der Waals surface area contributed by atoms with Gasteiger partial charge >= 0.3 is 5.97 Å². The molecule has 1 N–H and O–H groups in total. The fourth-order valence-corrected chi connectivity index (χ4v) is 4.72. The number of carboxylic acid groups (broad SMARTS) is 1. The molecule has 0 spiro atoms. The molecule has 1 aromatic carbocycles. The van der Waals surface area contributed by atoms with Crippen molar-refractivity contribution in [2.24, 2.45) is 0 Å². The van der Waals surface area contributed by atoms with E-state index in [2.05, 4.69) is 0 Å². The topological polar surface area (TPSA) is 74.7 Å². The molecule has 1 atom stereocenters. The van der Waals surface area contributed by atoms with Crippen LogP contribution in [0.25, 0.3) is 0 Å². The van der Waals surface area contributed by atoms with Crippen molar-refractivity contribution in [2.45, 2.75) is 24.3 Å². The molecule has 118 valence electrons. The summed E-state index contributed by atoms with van der Waals surface area (Å²) in [5, 5.41) is 9.01. The summed E-state index contributed by atoms with van der Waals surface area (Å²) in [5.41, 5.74) is -0.107. The van der Waals surface area contributed by atoms with E-state index in [1.807, 2.05) is 13.2 Å². The van der Waals surface area contributed by atoms with E-state index in [4.69, 9.17) is 16.7 Å². The van der Waals surface area contributed by atoms with Crippen LogP contribution in [0.5, 0.6) is 0 Å². The zero-order chi connectivity index (χ0) is 16.2. The lowest BCUT2D eigenvalue weighted by Gasteiger charge is -2.26. The molecule has 0 aromatic heterocycles. The third kappa shape index (κ3) is 4.12. The number of thioether (sulfide) groups is 1. The number of hydrogen-bond donors (Lipinski definition) is 1. The molecular formula is C13H18ClNO4S2. The molecule has 0 bridgehead atoms. The number of sulfonamides is 1. The molecule has 0 aliphatic heterocycles. The summed E-state index contributed by atoms with van der Waals surface area (Å²) in [6.07, 6.45) is 2.56. The van der Waals surface area contributed by atoms with Gasteiger partial charge in [-0.3, -0.25) is 0 Å². The van der Waals surface area contributed by atoms with Gasteiger partial charge in [-0.1, -0.05) is 18.5 Å². The fourth-order valence-electron chi connectivity index (χ4n) is 1.86. The van der Waals surface area contributed by atoms with Crippen molar-refractivity contribution in [2.75, 3.05) is 19.1 Å². The standard InChI is InChI=1S/C13H18ClNO4S2/c1-4-10(8-20-3)15(2)21(18,19)12-7-9(13(16)17)5-6-11(12)14/h5-7,10H,4,8H2,1-3H3,(H,16,17). The lowest BCUT2D eigenvalue weighted by atomic mass is 10.2. The van der Waals surface area contributed by atoms with Gasteiger partial charge in [-0.15, -0.1) is 0 Å². The SMILES string of the molecule is CCC(CSC)N(C)S(=O)(=O)c1cc(C(=O)O)ccc1Cl. The van der Waals surface area contributed by atoms with Gasteiger partial charge in [-0.2, -0.15) is 16.1 Å². The van der Waals surface area contributed by atoms with E-state index in [0.29, 0.717) is 12.2 Å². The molecule has 0 amide bonds. The molecular weight excluding hydrogens is 334 g/mol. The Hall–Kier alpha value is -0.760. The fraction of sp³-hybridized carbons (Fsp3) is 0.462. The van der Waals surface area contributed by atoms with Crippen LogP contribution in [0.15, 0.2) is 23.1 Å². The van der Waals surface area contributed by atoms with Crippen molar-refractivity contribution < 1.29 is 18.3 Å². The molecule has 21 heavy (non-hydrogen) atoms. The molecule has 1 unspecified atom stereocenters. The van der Waals surface area contributed by atoms with Crippen LogP contribution in [0.3, 0.4) is 0 Å². The maximum atomic E-state index is 12.6. The number of halogens is 1. The van der Waals surface area contributed by atoms with Crippen molar-refractivity contribution in [1.82, 2.24) is 4.31 Å². The average Bonchev–Trinajstić information content (AvgIpc) is 2.43. The van der Waals surface area contributed by atoms with Gasteiger partial charge in [0.25, 0.3) is 0 Å². The molecule has 0 aliphatic rings. The van der Waals surface area contributed by atoms with E-state index in [0.717, 1.165) is 6.07 Å². The summed E-state index contributed by atoms with van der Waals surface area (Å²) in [6.45, 7) is 1.90. The third-order valence-electron chi connectivity index (χ3n) is 3.18. The predicted octanol–water partition coefficient (Wildman–Crippen LogP) is 2.80. The number of rotatable bonds is 7. The van der Waals surface area contributed by atoms with Crippen LogP contribution < -0.4 is 0 Å². The lowest BCUT2D eigenvalue weighted by molar-refractivity contribution is 0.0696. The number of nitrogens with zero attached hydrogens (tertiary/aromatic N) is 1. The molecule has 0 fully saturated rings. The first kappa shape index (κ1) is 18.3. The molecule has 8 heteroatoms. The Balaban J connectivity index is 3.29. The normalized spacial score (nSPS) is 13.4. The minimum Gasteiger partial charge on any atom is -0.478 e. The summed E-state index contributed by atoms with van der Waals surface area (Å²) < 4.78 is 26.5. The van der Waals surface area contributed by atoms with Crippen molar-refractivity contribution in [1.29, 1.82) is 0 Å². The molecule has 5 nitrogen and oxygen atoms in total. The zero-order valence-corrected chi connectivity index (χ0v) is 14.4. The molecule has 1 aromatic rings. The van der Waals surface area contributed by atoms with E-state index < -0.39 is 16.0 Å². The van der Waals surface area contributed by atoms with E-state index in [-0.39, 0.29) is 21.5 Å². The third-order valence-corrected chi connectivity index (χ3v) is 6.29. The van der Waals surface area contributed by atoms with Gasteiger partial charge in [-0.05, 0) is 30.9 Å². The number of carbonyl (C=O) groups is 1. The van der Waals surface area contributed by atoms with Gasteiger partial charge in [0.15, 0.2) is 0 Å². The zero-order valence-electron chi connectivity index (χ0n) is 12.0. The largest absolute Gasteiger partial charge is 0.478 e. The average molecular weight is 352 g/mol. The Labute approximate surface area is 134 Å². The monoisotopic (exact) mass is 351 g/mol. The van der Waals surface area contributed by atoms with Crippen LogP contribution in [0.1, 0.15) is 23.7 Å². The molecule has 1 rings (SSSR count). The highest BCUT2D eigenvalue weighted by atomic mass is 35.5. The highest BCUT2D eigenvalue weighted by Crippen LogP contribution is 2.27. The van der Waals surface area contributed by atoms with Crippen LogP contribution in [-0.4, -0.2) is 48.9 Å². The summed E-state index contributed by atoms with van der Waals surface area (Å²) in [5.74, 6) is -0.537. The van der Waals surface area contributed by atoms with Crippen molar-refractivity contribution in [3.05, 3.63) is 28.8 Å². The van der Waals surface area contributed by atoms with Crippen molar-refractivity contribution >= 4 is 39.4 Å².